The van der Waals surface area contributed by atoms with Crippen molar-refractivity contribution in [2.75, 3.05) is 13.1 Å². The van der Waals surface area contributed by atoms with Gasteiger partial charge >= 0.3 is 0 Å². The Bertz CT molecular complexity index is 221. The lowest BCUT2D eigenvalue weighted by atomic mass is 9.88. The molecular formula is C15H30N2. The molecule has 17 heavy (non-hydrogen) atoms. The lowest BCUT2D eigenvalue weighted by Gasteiger charge is -2.42. The average molecular weight is 238 g/mol. The average Bonchev–Trinajstić information content (AvgIpc) is 3.11. The summed E-state index contributed by atoms with van der Waals surface area (Å²) in [5.74, 6) is 1.02. The van der Waals surface area contributed by atoms with E-state index in [0.717, 1.165) is 24.5 Å². The second-order valence-electron chi connectivity index (χ2n) is 6.25. The van der Waals surface area contributed by atoms with Gasteiger partial charge in [-0.05, 0) is 52.0 Å². The second kappa shape index (κ2) is 6.19. The van der Waals surface area contributed by atoms with Crippen LogP contribution in [0.25, 0.3) is 0 Å². The van der Waals surface area contributed by atoms with Crippen LogP contribution in [0.2, 0.25) is 0 Å². The van der Waals surface area contributed by atoms with Crippen molar-refractivity contribution in [3.05, 3.63) is 0 Å². The van der Waals surface area contributed by atoms with Gasteiger partial charge in [0.2, 0.25) is 0 Å². The third kappa shape index (κ3) is 3.69. The van der Waals surface area contributed by atoms with Gasteiger partial charge in [-0.3, -0.25) is 4.90 Å². The molecule has 2 fully saturated rings. The molecular weight excluding hydrogens is 208 g/mol. The van der Waals surface area contributed by atoms with Crippen LogP contribution in [0.5, 0.6) is 0 Å². The zero-order chi connectivity index (χ0) is 12.3. The van der Waals surface area contributed by atoms with Crippen molar-refractivity contribution in [3.63, 3.8) is 0 Å². The van der Waals surface area contributed by atoms with E-state index in [1.54, 1.807) is 0 Å². The first-order chi connectivity index (χ1) is 8.22. The number of nitrogens with one attached hydrogen (secondary N) is 1. The Kier molecular flexibility index (Phi) is 4.87. The van der Waals surface area contributed by atoms with Crippen LogP contribution >= 0.6 is 0 Å². The van der Waals surface area contributed by atoms with Crippen molar-refractivity contribution in [1.29, 1.82) is 0 Å². The van der Waals surface area contributed by atoms with Gasteiger partial charge in [0.15, 0.2) is 0 Å². The van der Waals surface area contributed by atoms with Crippen molar-refractivity contribution < 1.29 is 0 Å². The first-order valence-electron chi connectivity index (χ1n) is 7.71. The van der Waals surface area contributed by atoms with Crippen LogP contribution in [0.1, 0.15) is 59.3 Å². The topological polar surface area (TPSA) is 15.3 Å². The first-order valence-corrected chi connectivity index (χ1v) is 7.71. The number of hydrogen-bond acceptors (Lipinski definition) is 2. The van der Waals surface area contributed by atoms with Gasteiger partial charge in [0.1, 0.15) is 0 Å². The third-order valence-electron chi connectivity index (χ3n) is 4.45. The van der Waals surface area contributed by atoms with Gasteiger partial charge < -0.3 is 5.32 Å². The molecule has 2 rings (SSSR count). The zero-order valence-electron chi connectivity index (χ0n) is 11.9. The summed E-state index contributed by atoms with van der Waals surface area (Å²) in [5.41, 5.74) is 0. The Balaban J connectivity index is 1.97. The van der Waals surface area contributed by atoms with E-state index in [1.165, 1.54) is 45.1 Å². The van der Waals surface area contributed by atoms with Crippen molar-refractivity contribution in [3.8, 4) is 0 Å². The summed E-state index contributed by atoms with van der Waals surface area (Å²) < 4.78 is 0. The van der Waals surface area contributed by atoms with Crippen LogP contribution in [0.15, 0.2) is 0 Å². The number of nitrogens with zero attached hydrogens (tertiary/aromatic N) is 1. The van der Waals surface area contributed by atoms with Crippen molar-refractivity contribution in [2.45, 2.75) is 77.4 Å². The molecule has 0 spiro atoms. The Hall–Kier alpha value is -0.0800. The van der Waals surface area contributed by atoms with Gasteiger partial charge in [0.05, 0.1) is 0 Å². The molecule has 2 aliphatic rings. The normalized spacial score (nSPS) is 30.2. The molecule has 0 aliphatic heterocycles. The van der Waals surface area contributed by atoms with Crippen molar-refractivity contribution in [2.24, 2.45) is 5.92 Å². The van der Waals surface area contributed by atoms with Gasteiger partial charge in [-0.25, -0.2) is 0 Å². The molecule has 2 unspecified atom stereocenters. The summed E-state index contributed by atoms with van der Waals surface area (Å²) in [4.78, 5) is 2.80. The van der Waals surface area contributed by atoms with E-state index in [-0.39, 0.29) is 0 Å². The summed E-state index contributed by atoms with van der Waals surface area (Å²) in [5, 5.41) is 3.72. The molecule has 2 saturated carbocycles. The fourth-order valence-electron chi connectivity index (χ4n) is 3.34. The zero-order valence-corrected chi connectivity index (χ0v) is 11.9. The summed E-state index contributed by atoms with van der Waals surface area (Å²) in [6.45, 7) is 9.47. The number of rotatable bonds is 6. The molecule has 0 radical (unpaired) electrons. The highest BCUT2D eigenvalue weighted by Crippen LogP contribution is 2.33. The van der Waals surface area contributed by atoms with Gasteiger partial charge in [-0.2, -0.15) is 0 Å². The van der Waals surface area contributed by atoms with E-state index >= 15 is 0 Å². The maximum Gasteiger partial charge on any atom is 0.0252 e. The maximum atomic E-state index is 3.72. The van der Waals surface area contributed by atoms with E-state index in [4.69, 9.17) is 0 Å². The van der Waals surface area contributed by atoms with Gasteiger partial charge in [0, 0.05) is 24.7 Å². The van der Waals surface area contributed by atoms with Crippen LogP contribution < -0.4 is 5.32 Å². The second-order valence-corrected chi connectivity index (χ2v) is 6.25. The highest BCUT2D eigenvalue weighted by molar-refractivity contribution is 4.91. The van der Waals surface area contributed by atoms with Crippen molar-refractivity contribution >= 4 is 0 Å². The quantitative estimate of drug-likeness (QED) is 0.765. The molecule has 0 amide bonds. The Labute approximate surface area is 107 Å². The van der Waals surface area contributed by atoms with Crippen LogP contribution in [0.3, 0.4) is 0 Å². The predicted molar refractivity (Wildman–Crippen MR) is 74.3 cm³/mol. The molecule has 2 atom stereocenters. The minimum atomic E-state index is 0.708. The fourth-order valence-corrected chi connectivity index (χ4v) is 3.34. The van der Waals surface area contributed by atoms with Gasteiger partial charge in [0.25, 0.3) is 0 Å². The number of hydrogen-bond donors (Lipinski definition) is 1. The number of likely N-dealkylation sites (N-methyl/N-ethyl adjacent to an activating group) is 1. The third-order valence-corrected chi connectivity index (χ3v) is 4.45. The molecule has 0 aromatic heterocycles. The molecule has 2 nitrogen and oxygen atoms in total. The van der Waals surface area contributed by atoms with E-state index in [9.17, 15) is 0 Å². The van der Waals surface area contributed by atoms with Gasteiger partial charge in [-0.15, -0.1) is 0 Å². The molecule has 1 N–H and O–H groups in total. The summed E-state index contributed by atoms with van der Waals surface area (Å²) in [7, 11) is 0. The molecule has 0 aromatic carbocycles. The molecule has 0 saturated heterocycles. The monoisotopic (exact) mass is 238 g/mol. The molecule has 0 aromatic rings. The van der Waals surface area contributed by atoms with Crippen LogP contribution in [0.4, 0.5) is 0 Å². The van der Waals surface area contributed by atoms with Crippen LogP contribution in [-0.2, 0) is 0 Å². The molecule has 2 heteroatoms. The van der Waals surface area contributed by atoms with Crippen LogP contribution in [0, 0.1) is 5.92 Å². The van der Waals surface area contributed by atoms with E-state index in [1.807, 2.05) is 0 Å². The summed E-state index contributed by atoms with van der Waals surface area (Å²) >= 11 is 0. The van der Waals surface area contributed by atoms with Crippen molar-refractivity contribution in [1.82, 2.24) is 10.2 Å². The van der Waals surface area contributed by atoms with E-state index in [0.29, 0.717) is 6.04 Å². The first kappa shape index (κ1) is 13.4. The highest BCUT2D eigenvalue weighted by Gasteiger charge is 2.34. The molecule has 2 aliphatic carbocycles. The SMILES string of the molecule is CCNC1CCCCC1N(CC1CC1)C(C)C. The molecule has 100 valence electrons. The van der Waals surface area contributed by atoms with Crippen LogP contribution in [-0.4, -0.2) is 36.1 Å². The maximum absolute atomic E-state index is 3.72. The summed E-state index contributed by atoms with van der Waals surface area (Å²) in [6.07, 6.45) is 8.59. The minimum absolute atomic E-state index is 0.708. The Morgan fingerprint density at radius 1 is 1.12 bits per heavy atom. The minimum Gasteiger partial charge on any atom is -0.313 e. The highest BCUT2D eigenvalue weighted by atomic mass is 15.2. The standard InChI is InChI=1S/C15H30N2/c1-4-16-14-7-5-6-8-15(14)17(12(2)3)11-13-9-10-13/h12-16H,4-11H2,1-3H3. The van der Waals surface area contributed by atoms with Gasteiger partial charge in [-0.1, -0.05) is 19.8 Å². The molecule has 0 heterocycles. The summed E-state index contributed by atoms with van der Waals surface area (Å²) in [6, 6.07) is 2.25. The van der Waals surface area contributed by atoms with E-state index < -0.39 is 0 Å². The fraction of sp³-hybridized carbons (Fsp3) is 1.00. The largest absolute Gasteiger partial charge is 0.313 e. The Morgan fingerprint density at radius 2 is 1.82 bits per heavy atom. The predicted octanol–water partition coefficient (Wildman–Crippen LogP) is 3.03. The van der Waals surface area contributed by atoms with E-state index in [2.05, 4.69) is 31.0 Å². The lowest BCUT2D eigenvalue weighted by molar-refractivity contribution is 0.0874. The molecule has 0 bridgehead atoms. The lowest BCUT2D eigenvalue weighted by Crippen LogP contribution is -2.54. The Morgan fingerprint density at radius 3 is 2.41 bits per heavy atom. The smallest absolute Gasteiger partial charge is 0.0252 e.